The maximum absolute atomic E-state index is 2.35. The molecule has 0 aliphatic carbocycles. The maximum Gasteiger partial charge on any atom is 0.00106 e. The lowest BCUT2D eigenvalue weighted by Crippen LogP contribution is -2.27. The standard InChI is InChI=1S/C12H20NP/c1-12(2,3)14(13(4)5)11-9-7-6-8-10-11/h6-10H,1-5H3. The third-order valence-corrected chi connectivity index (χ3v) is 4.89. The molecule has 14 heavy (non-hydrogen) atoms. The summed E-state index contributed by atoms with van der Waals surface area (Å²) in [6.45, 7) is 6.93. The van der Waals surface area contributed by atoms with Crippen LogP contribution in [0.15, 0.2) is 30.3 Å². The van der Waals surface area contributed by atoms with Crippen molar-refractivity contribution in [1.82, 2.24) is 4.67 Å². The molecule has 1 unspecified atom stereocenters. The van der Waals surface area contributed by atoms with E-state index in [4.69, 9.17) is 0 Å². The fourth-order valence-electron chi connectivity index (χ4n) is 1.79. The van der Waals surface area contributed by atoms with E-state index in [0.717, 1.165) is 0 Å². The van der Waals surface area contributed by atoms with Gasteiger partial charge in [-0.15, -0.1) is 0 Å². The SMILES string of the molecule is CN(C)P(c1ccccc1)C(C)(C)C. The summed E-state index contributed by atoms with van der Waals surface area (Å²) >= 11 is 0. The highest BCUT2D eigenvalue weighted by Gasteiger charge is 2.27. The van der Waals surface area contributed by atoms with Gasteiger partial charge in [0, 0.05) is 8.07 Å². The molecule has 2 heteroatoms. The van der Waals surface area contributed by atoms with E-state index in [2.05, 4.69) is 69.9 Å². The Kier molecular flexibility index (Phi) is 3.69. The summed E-state index contributed by atoms with van der Waals surface area (Å²) in [5.41, 5.74) is 0. The molecule has 1 aromatic carbocycles. The molecule has 0 aliphatic heterocycles. The second kappa shape index (κ2) is 4.42. The predicted octanol–water partition coefficient (Wildman–Crippen LogP) is 3.07. The Morgan fingerprint density at radius 2 is 1.50 bits per heavy atom. The molecule has 0 spiro atoms. The first kappa shape index (κ1) is 11.7. The highest BCUT2D eigenvalue weighted by atomic mass is 31.1. The molecule has 1 aromatic rings. The van der Waals surface area contributed by atoms with Gasteiger partial charge in [-0.1, -0.05) is 51.1 Å². The summed E-state index contributed by atoms with van der Waals surface area (Å²) in [6, 6.07) is 10.8. The van der Waals surface area contributed by atoms with Crippen LogP contribution in [-0.2, 0) is 0 Å². The summed E-state index contributed by atoms with van der Waals surface area (Å²) in [5.74, 6) is 0. The second-order valence-electron chi connectivity index (χ2n) is 4.67. The van der Waals surface area contributed by atoms with Gasteiger partial charge in [-0.25, -0.2) is 0 Å². The van der Waals surface area contributed by atoms with Crippen LogP contribution < -0.4 is 5.30 Å². The average molecular weight is 209 g/mol. The number of benzene rings is 1. The Bertz CT molecular complexity index is 274. The minimum Gasteiger partial charge on any atom is -0.284 e. The van der Waals surface area contributed by atoms with Gasteiger partial charge in [-0.3, -0.25) is 4.67 Å². The zero-order valence-electron chi connectivity index (χ0n) is 9.78. The van der Waals surface area contributed by atoms with E-state index in [0.29, 0.717) is 5.16 Å². The van der Waals surface area contributed by atoms with Crippen LogP contribution in [0.3, 0.4) is 0 Å². The van der Waals surface area contributed by atoms with Crippen molar-refractivity contribution >= 4 is 13.4 Å². The van der Waals surface area contributed by atoms with E-state index in [1.807, 2.05) is 0 Å². The van der Waals surface area contributed by atoms with E-state index >= 15 is 0 Å². The first-order valence-electron chi connectivity index (χ1n) is 4.95. The molecule has 0 aliphatic rings. The van der Waals surface area contributed by atoms with Gasteiger partial charge in [-0.05, 0) is 24.6 Å². The fourth-order valence-corrected chi connectivity index (χ4v) is 4.68. The van der Waals surface area contributed by atoms with Crippen molar-refractivity contribution in [3.63, 3.8) is 0 Å². The van der Waals surface area contributed by atoms with Crippen molar-refractivity contribution < 1.29 is 0 Å². The van der Waals surface area contributed by atoms with Crippen LogP contribution in [0.2, 0.25) is 0 Å². The van der Waals surface area contributed by atoms with Gasteiger partial charge in [-0.2, -0.15) is 0 Å². The first-order valence-corrected chi connectivity index (χ1v) is 6.25. The van der Waals surface area contributed by atoms with Crippen molar-refractivity contribution in [2.75, 3.05) is 14.1 Å². The average Bonchev–Trinajstić information content (AvgIpc) is 2.02. The minimum atomic E-state index is -0.222. The molecule has 0 radical (unpaired) electrons. The van der Waals surface area contributed by atoms with E-state index in [1.165, 1.54) is 5.30 Å². The highest BCUT2D eigenvalue weighted by molar-refractivity contribution is 7.64. The van der Waals surface area contributed by atoms with Crippen LogP contribution in [-0.4, -0.2) is 23.9 Å². The molecule has 0 fully saturated rings. The molecule has 0 amide bonds. The summed E-state index contributed by atoms with van der Waals surface area (Å²) in [7, 11) is 4.12. The number of hydrogen-bond donors (Lipinski definition) is 0. The highest BCUT2D eigenvalue weighted by Crippen LogP contribution is 2.49. The van der Waals surface area contributed by atoms with Crippen LogP contribution in [0.4, 0.5) is 0 Å². The third-order valence-electron chi connectivity index (χ3n) is 2.04. The summed E-state index contributed by atoms with van der Waals surface area (Å²) in [4.78, 5) is 0. The largest absolute Gasteiger partial charge is 0.284 e. The summed E-state index contributed by atoms with van der Waals surface area (Å²) < 4.78 is 2.35. The van der Waals surface area contributed by atoms with Gasteiger partial charge in [0.05, 0.1) is 0 Å². The molecule has 0 saturated carbocycles. The molecule has 1 nitrogen and oxygen atoms in total. The van der Waals surface area contributed by atoms with Crippen LogP contribution >= 0.6 is 8.07 Å². The lowest BCUT2D eigenvalue weighted by molar-refractivity contribution is 0.637. The van der Waals surface area contributed by atoms with Crippen molar-refractivity contribution in [3.05, 3.63) is 30.3 Å². The molecule has 0 N–H and O–H groups in total. The van der Waals surface area contributed by atoms with Gasteiger partial charge in [0.15, 0.2) is 0 Å². The predicted molar refractivity (Wildman–Crippen MR) is 66.4 cm³/mol. The van der Waals surface area contributed by atoms with Gasteiger partial charge in [0.1, 0.15) is 0 Å². The second-order valence-corrected chi connectivity index (χ2v) is 7.95. The van der Waals surface area contributed by atoms with Crippen molar-refractivity contribution in [1.29, 1.82) is 0 Å². The summed E-state index contributed by atoms with van der Waals surface area (Å²) in [5, 5.41) is 1.79. The molecule has 0 heterocycles. The summed E-state index contributed by atoms with van der Waals surface area (Å²) in [6.07, 6.45) is 0. The fraction of sp³-hybridized carbons (Fsp3) is 0.500. The topological polar surface area (TPSA) is 3.24 Å². The zero-order chi connectivity index (χ0) is 10.8. The quantitative estimate of drug-likeness (QED) is 0.677. The lowest BCUT2D eigenvalue weighted by Gasteiger charge is -2.36. The Morgan fingerprint density at radius 3 is 1.86 bits per heavy atom. The van der Waals surface area contributed by atoms with E-state index in [9.17, 15) is 0 Å². The molecule has 0 saturated heterocycles. The van der Waals surface area contributed by atoms with E-state index < -0.39 is 0 Å². The van der Waals surface area contributed by atoms with Crippen molar-refractivity contribution in [2.24, 2.45) is 0 Å². The van der Waals surface area contributed by atoms with Crippen LogP contribution in [0, 0.1) is 0 Å². The minimum absolute atomic E-state index is 0.222. The normalized spacial score (nSPS) is 14.4. The van der Waals surface area contributed by atoms with Gasteiger partial charge in [0.2, 0.25) is 0 Å². The molecular formula is C12H20NP. The number of rotatable bonds is 2. The van der Waals surface area contributed by atoms with Gasteiger partial charge in [0.25, 0.3) is 0 Å². The Hall–Kier alpha value is -0.390. The molecule has 0 bridgehead atoms. The Labute approximate surface area is 88.9 Å². The monoisotopic (exact) mass is 209 g/mol. The molecule has 0 aromatic heterocycles. The Balaban J connectivity index is 3.02. The first-order chi connectivity index (χ1) is 6.43. The smallest absolute Gasteiger partial charge is 0.00106 e. The van der Waals surface area contributed by atoms with E-state index in [-0.39, 0.29) is 8.07 Å². The van der Waals surface area contributed by atoms with Gasteiger partial charge < -0.3 is 0 Å². The lowest BCUT2D eigenvalue weighted by atomic mass is 10.3. The maximum atomic E-state index is 2.35. The van der Waals surface area contributed by atoms with Crippen molar-refractivity contribution in [3.8, 4) is 0 Å². The van der Waals surface area contributed by atoms with Gasteiger partial charge >= 0.3 is 0 Å². The van der Waals surface area contributed by atoms with Crippen LogP contribution in [0.25, 0.3) is 0 Å². The molecule has 78 valence electrons. The van der Waals surface area contributed by atoms with E-state index in [1.54, 1.807) is 0 Å². The van der Waals surface area contributed by atoms with Crippen LogP contribution in [0.5, 0.6) is 0 Å². The van der Waals surface area contributed by atoms with Crippen LogP contribution in [0.1, 0.15) is 20.8 Å². The number of hydrogen-bond acceptors (Lipinski definition) is 1. The molecular weight excluding hydrogens is 189 g/mol. The zero-order valence-corrected chi connectivity index (χ0v) is 10.7. The molecule has 1 rings (SSSR count). The third kappa shape index (κ3) is 2.80. The van der Waals surface area contributed by atoms with Crippen molar-refractivity contribution in [2.45, 2.75) is 25.9 Å². The molecule has 1 atom stereocenters. The number of nitrogens with zero attached hydrogens (tertiary/aromatic N) is 1. The Morgan fingerprint density at radius 1 is 1.00 bits per heavy atom.